The summed E-state index contributed by atoms with van der Waals surface area (Å²) in [6, 6.07) is 4.64. The van der Waals surface area contributed by atoms with Gasteiger partial charge in [0.05, 0.1) is 0 Å². The van der Waals surface area contributed by atoms with Gasteiger partial charge < -0.3 is 0 Å². The first-order valence-electron chi connectivity index (χ1n) is 14.8. The molecule has 0 spiro atoms. The highest BCUT2D eigenvalue weighted by Gasteiger charge is 2.52. The second-order valence-corrected chi connectivity index (χ2v) is 13.9. The summed E-state index contributed by atoms with van der Waals surface area (Å²) in [5.74, 6) is 9.27. The zero-order valence-electron chi connectivity index (χ0n) is 22.4. The molecule has 33 heavy (non-hydrogen) atoms. The molecule has 9 atom stereocenters. The third-order valence-corrected chi connectivity index (χ3v) is 11.0. The van der Waals surface area contributed by atoms with Crippen LogP contribution in [0, 0.1) is 53.3 Å². The summed E-state index contributed by atoms with van der Waals surface area (Å²) >= 11 is 0. The Kier molecular flexibility index (Phi) is 6.99. The van der Waals surface area contributed by atoms with Gasteiger partial charge in [0.15, 0.2) is 0 Å². The molecule has 0 aliphatic heterocycles. The molecule has 5 rings (SSSR count). The molecule has 184 valence electrons. The van der Waals surface area contributed by atoms with Gasteiger partial charge in [0.2, 0.25) is 0 Å². The molecule has 1 heterocycles. The van der Waals surface area contributed by atoms with Gasteiger partial charge in [0, 0.05) is 17.3 Å². The predicted molar refractivity (Wildman–Crippen MR) is 140 cm³/mol. The third kappa shape index (κ3) is 4.81. The van der Waals surface area contributed by atoms with Crippen molar-refractivity contribution in [3.8, 4) is 0 Å². The first-order valence-corrected chi connectivity index (χ1v) is 14.8. The lowest BCUT2D eigenvalue weighted by molar-refractivity contribution is -0.0375. The van der Waals surface area contributed by atoms with Gasteiger partial charge in [0.1, 0.15) is 0 Å². The lowest BCUT2D eigenvalue weighted by Gasteiger charge is -2.53. The molecule has 1 nitrogen and oxygen atoms in total. The van der Waals surface area contributed by atoms with Crippen LogP contribution < -0.4 is 0 Å². The quantitative estimate of drug-likeness (QED) is 0.437. The number of rotatable bonds is 5. The zero-order valence-corrected chi connectivity index (χ0v) is 22.4. The van der Waals surface area contributed by atoms with Crippen molar-refractivity contribution < 1.29 is 0 Å². The van der Waals surface area contributed by atoms with E-state index in [1.807, 2.05) is 0 Å². The Labute approximate surface area is 204 Å². The molecule has 4 aliphatic rings. The molecule has 0 radical (unpaired) electrons. The maximum atomic E-state index is 4.82. The molecule has 0 amide bonds. The van der Waals surface area contributed by atoms with Crippen LogP contribution in [-0.4, -0.2) is 4.98 Å². The Hall–Kier alpha value is -0.850. The minimum atomic E-state index is 0.149. The number of nitrogens with zero attached hydrogens (tertiary/aromatic N) is 1. The van der Waals surface area contributed by atoms with Crippen molar-refractivity contribution in [2.45, 2.75) is 117 Å². The molecular formula is C32H51N. The standard InChI is InChI=1S/C32H51N/c1-6-7-22-8-11-26-24(19-22)10-12-29-28(26)16-15-27-25(13-14-30(27)29)21(2)18-23-9-17-31(33-20-23)32(3,4)5/h9,17,20-22,24-30H,6-8,10-16,18-19H2,1-5H3. The van der Waals surface area contributed by atoms with Gasteiger partial charge in [-0.05, 0) is 123 Å². The van der Waals surface area contributed by atoms with Gasteiger partial charge in [-0.1, -0.05) is 59.9 Å². The maximum absolute atomic E-state index is 4.82. The topological polar surface area (TPSA) is 12.9 Å². The van der Waals surface area contributed by atoms with E-state index < -0.39 is 0 Å². The molecule has 0 saturated heterocycles. The van der Waals surface area contributed by atoms with Gasteiger partial charge in [-0.2, -0.15) is 0 Å². The number of aromatic nitrogens is 1. The first kappa shape index (κ1) is 23.9. The van der Waals surface area contributed by atoms with E-state index in [0.717, 1.165) is 53.3 Å². The van der Waals surface area contributed by atoms with Crippen LogP contribution in [0.15, 0.2) is 18.3 Å². The SMILES string of the molecule is CCCC1CCC2C(CCC3C2CCC2C(C(C)Cc4ccc(C(C)(C)C)nc4)CCC23)C1. The molecule has 1 aromatic rings. The van der Waals surface area contributed by atoms with Gasteiger partial charge in [-0.25, -0.2) is 0 Å². The van der Waals surface area contributed by atoms with Crippen molar-refractivity contribution in [3.05, 3.63) is 29.6 Å². The molecule has 4 fully saturated rings. The van der Waals surface area contributed by atoms with Crippen molar-refractivity contribution in [2.75, 3.05) is 0 Å². The molecule has 4 saturated carbocycles. The summed E-state index contributed by atoms with van der Waals surface area (Å²) in [7, 11) is 0. The van der Waals surface area contributed by atoms with Crippen molar-refractivity contribution >= 4 is 0 Å². The molecule has 1 aromatic heterocycles. The van der Waals surface area contributed by atoms with Crippen LogP contribution in [0.2, 0.25) is 0 Å². The highest BCUT2D eigenvalue weighted by Crippen LogP contribution is 2.60. The van der Waals surface area contributed by atoms with E-state index in [-0.39, 0.29) is 5.41 Å². The summed E-state index contributed by atoms with van der Waals surface area (Å²) < 4.78 is 0. The Balaban J connectivity index is 1.20. The summed E-state index contributed by atoms with van der Waals surface area (Å²) in [4.78, 5) is 4.82. The van der Waals surface area contributed by atoms with Gasteiger partial charge in [0.25, 0.3) is 0 Å². The molecular weight excluding hydrogens is 398 g/mol. The van der Waals surface area contributed by atoms with Crippen LogP contribution in [0.3, 0.4) is 0 Å². The molecule has 9 unspecified atom stereocenters. The van der Waals surface area contributed by atoms with E-state index in [2.05, 4.69) is 52.9 Å². The molecule has 0 aromatic carbocycles. The largest absolute Gasteiger partial charge is 0.260 e. The second-order valence-electron chi connectivity index (χ2n) is 13.9. The molecule has 1 heteroatoms. The lowest BCUT2D eigenvalue weighted by Crippen LogP contribution is -2.45. The number of hydrogen-bond donors (Lipinski definition) is 0. The van der Waals surface area contributed by atoms with E-state index in [0.29, 0.717) is 0 Å². The monoisotopic (exact) mass is 449 g/mol. The lowest BCUT2D eigenvalue weighted by atomic mass is 9.52. The fraction of sp³-hybridized carbons (Fsp3) is 0.844. The van der Waals surface area contributed by atoms with Crippen LogP contribution in [0.5, 0.6) is 0 Å². The Morgan fingerprint density at radius 2 is 1.52 bits per heavy atom. The summed E-state index contributed by atoms with van der Waals surface area (Å²) in [5.41, 5.74) is 2.82. The minimum absolute atomic E-state index is 0.149. The third-order valence-electron chi connectivity index (χ3n) is 11.0. The van der Waals surface area contributed by atoms with Crippen molar-refractivity contribution in [1.82, 2.24) is 4.98 Å². The normalized spacial score (nSPS) is 39.4. The van der Waals surface area contributed by atoms with Crippen LogP contribution in [0.4, 0.5) is 0 Å². The average Bonchev–Trinajstić information content (AvgIpc) is 3.23. The second kappa shape index (κ2) is 9.66. The van der Waals surface area contributed by atoms with E-state index in [9.17, 15) is 0 Å². The predicted octanol–water partition coefficient (Wildman–Crippen LogP) is 8.85. The Morgan fingerprint density at radius 3 is 2.24 bits per heavy atom. The van der Waals surface area contributed by atoms with E-state index in [4.69, 9.17) is 4.98 Å². The average molecular weight is 450 g/mol. The van der Waals surface area contributed by atoms with Crippen LogP contribution in [0.25, 0.3) is 0 Å². The highest BCUT2D eigenvalue weighted by atomic mass is 14.7. The van der Waals surface area contributed by atoms with Gasteiger partial charge >= 0.3 is 0 Å². The first-order chi connectivity index (χ1) is 15.8. The van der Waals surface area contributed by atoms with E-state index in [1.165, 1.54) is 43.4 Å². The summed E-state index contributed by atoms with van der Waals surface area (Å²) in [6.45, 7) is 11.7. The smallest absolute Gasteiger partial charge is 0.0457 e. The van der Waals surface area contributed by atoms with E-state index in [1.54, 1.807) is 44.9 Å². The fourth-order valence-corrected chi connectivity index (χ4v) is 9.54. The van der Waals surface area contributed by atoms with Gasteiger partial charge in [-0.15, -0.1) is 0 Å². The molecule has 0 bridgehead atoms. The highest BCUT2D eigenvalue weighted by molar-refractivity contribution is 5.19. The van der Waals surface area contributed by atoms with Crippen molar-refractivity contribution in [3.63, 3.8) is 0 Å². The van der Waals surface area contributed by atoms with Crippen LogP contribution in [0.1, 0.15) is 117 Å². The van der Waals surface area contributed by atoms with Crippen molar-refractivity contribution in [2.24, 2.45) is 53.3 Å². The minimum Gasteiger partial charge on any atom is -0.260 e. The zero-order chi connectivity index (χ0) is 23.2. The van der Waals surface area contributed by atoms with Crippen LogP contribution in [-0.2, 0) is 11.8 Å². The maximum Gasteiger partial charge on any atom is 0.0457 e. The van der Waals surface area contributed by atoms with E-state index >= 15 is 0 Å². The van der Waals surface area contributed by atoms with Crippen molar-refractivity contribution in [1.29, 1.82) is 0 Å². The van der Waals surface area contributed by atoms with Crippen LogP contribution >= 0.6 is 0 Å². The Bertz CT molecular complexity index is 773. The summed E-state index contributed by atoms with van der Waals surface area (Å²) in [6.07, 6.45) is 20.3. The number of pyridine rings is 1. The number of fused-ring (bicyclic) bond motifs is 5. The summed E-state index contributed by atoms with van der Waals surface area (Å²) in [5, 5.41) is 0. The Morgan fingerprint density at radius 1 is 0.848 bits per heavy atom. The molecule has 4 aliphatic carbocycles. The van der Waals surface area contributed by atoms with Gasteiger partial charge in [-0.3, -0.25) is 4.98 Å². The molecule has 0 N–H and O–H groups in total. The fourth-order valence-electron chi connectivity index (χ4n) is 9.54. The number of hydrogen-bond acceptors (Lipinski definition) is 1.